The van der Waals surface area contributed by atoms with Crippen LogP contribution in [0.15, 0.2) is 0 Å². The summed E-state index contributed by atoms with van der Waals surface area (Å²) in [5.74, 6) is -0.260. The average Bonchev–Trinajstić information content (AvgIpc) is 2.66. The molecule has 2 fully saturated rings. The Balaban J connectivity index is 1.85. The minimum absolute atomic E-state index is 0.0140. The van der Waals surface area contributed by atoms with Crippen LogP contribution in [0.2, 0.25) is 0 Å². The van der Waals surface area contributed by atoms with E-state index in [9.17, 15) is 14.4 Å². The highest BCUT2D eigenvalue weighted by Crippen LogP contribution is 2.20. The second-order valence-corrected chi connectivity index (χ2v) is 6.18. The lowest BCUT2D eigenvalue weighted by Gasteiger charge is -2.36. The fourth-order valence-electron chi connectivity index (χ4n) is 2.44. The van der Waals surface area contributed by atoms with Gasteiger partial charge in [0.1, 0.15) is 12.1 Å². The Morgan fingerprint density at radius 1 is 1.25 bits per heavy atom. The molecule has 2 rings (SSSR count). The predicted molar refractivity (Wildman–Crippen MR) is 71.1 cm³/mol. The van der Waals surface area contributed by atoms with Crippen LogP contribution in [-0.4, -0.2) is 59.1 Å². The number of imide groups is 1. The minimum atomic E-state index is -0.505. The van der Waals surface area contributed by atoms with Crippen LogP contribution in [0.4, 0.5) is 9.59 Å². The number of ether oxygens (including phenoxy) is 1. The molecular weight excluding hydrogens is 262 g/mol. The van der Waals surface area contributed by atoms with E-state index in [-0.39, 0.29) is 30.6 Å². The quantitative estimate of drug-likeness (QED) is 0.726. The maximum atomic E-state index is 11.9. The van der Waals surface area contributed by atoms with Crippen LogP contribution in [0, 0.1) is 0 Å². The van der Waals surface area contributed by atoms with Gasteiger partial charge in [0, 0.05) is 19.1 Å². The predicted octanol–water partition coefficient (Wildman–Crippen LogP) is 0.938. The third-order valence-corrected chi connectivity index (χ3v) is 3.38. The lowest BCUT2D eigenvalue weighted by molar-refractivity contribution is -0.118. The zero-order chi connectivity index (χ0) is 14.9. The van der Waals surface area contributed by atoms with Crippen LogP contribution in [0.1, 0.15) is 33.6 Å². The molecule has 1 N–H and O–H groups in total. The van der Waals surface area contributed by atoms with Gasteiger partial charge in [0.2, 0.25) is 5.91 Å². The lowest BCUT2D eigenvalue weighted by Crippen LogP contribution is -2.48. The van der Waals surface area contributed by atoms with Crippen molar-refractivity contribution in [2.45, 2.75) is 45.3 Å². The maximum Gasteiger partial charge on any atom is 0.410 e. The van der Waals surface area contributed by atoms with Gasteiger partial charge in [-0.2, -0.15) is 0 Å². The summed E-state index contributed by atoms with van der Waals surface area (Å²) in [5.41, 5.74) is -0.505. The van der Waals surface area contributed by atoms with Crippen LogP contribution >= 0.6 is 0 Å². The summed E-state index contributed by atoms with van der Waals surface area (Å²) >= 11 is 0. The lowest BCUT2D eigenvalue weighted by atomic mass is 10.0. The number of hydrogen-bond acceptors (Lipinski definition) is 4. The normalized spacial score (nSPS) is 21.1. The molecule has 0 aromatic rings. The number of piperidine rings is 1. The van der Waals surface area contributed by atoms with Gasteiger partial charge in [-0.05, 0) is 33.6 Å². The Morgan fingerprint density at radius 2 is 1.85 bits per heavy atom. The number of nitrogens with one attached hydrogen (secondary N) is 1. The number of hydrogen-bond donors (Lipinski definition) is 1. The summed E-state index contributed by atoms with van der Waals surface area (Å²) in [4.78, 5) is 37.9. The standard InChI is InChI=1S/C13H21N3O4/c1-13(2,3)20-12(19)15-6-4-9(5-7-15)16-8-10(17)14-11(16)18/h9H,4-8H2,1-3H3,(H,14,17,18). The van der Waals surface area contributed by atoms with Gasteiger partial charge in [0.05, 0.1) is 0 Å². The zero-order valence-electron chi connectivity index (χ0n) is 12.1. The second-order valence-electron chi connectivity index (χ2n) is 6.18. The summed E-state index contributed by atoms with van der Waals surface area (Å²) in [6.07, 6.45) is 1.01. The third-order valence-electron chi connectivity index (χ3n) is 3.38. The van der Waals surface area contributed by atoms with E-state index in [1.54, 1.807) is 9.80 Å². The smallest absolute Gasteiger partial charge is 0.410 e. The summed E-state index contributed by atoms with van der Waals surface area (Å²) in [5, 5.41) is 2.27. The Morgan fingerprint density at radius 3 is 2.30 bits per heavy atom. The zero-order valence-corrected chi connectivity index (χ0v) is 12.1. The first kappa shape index (κ1) is 14.6. The molecule has 2 aliphatic heterocycles. The van der Waals surface area contributed by atoms with E-state index in [4.69, 9.17) is 4.74 Å². The van der Waals surface area contributed by atoms with Crippen LogP contribution in [-0.2, 0) is 9.53 Å². The topological polar surface area (TPSA) is 79.0 Å². The van der Waals surface area contributed by atoms with E-state index in [0.717, 1.165) is 0 Å². The Hall–Kier alpha value is -1.79. The van der Waals surface area contributed by atoms with Gasteiger partial charge in [0.25, 0.3) is 0 Å². The SMILES string of the molecule is CC(C)(C)OC(=O)N1CCC(N2CC(=O)NC2=O)CC1. The molecule has 7 heteroatoms. The molecule has 2 heterocycles. The van der Waals surface area contributed by atoms with Crippen molar-refractivity contribution in [3.63, 3.8) is 0 Å². The monoisotopic (exact) mass is 283 g/mol. The van der Waals surface area contributed by atoms with E-state index in [1.807, 2.05) is 20.8 Å². The molecule has 4 amide bonds. The van der Waals surface area contributed by atoms with Crippen LogP contribution in [0.5, 0.6) is 0 Å². The van der Waals surface area contributed by atoms with Gasteiger partial charge >= 0.3 is 12.1 Å². The van der Waals surface area contributed by atoms with E-state index >= 15 is 0 Å². The summed E-state index contributed by atoms with van der Waals surface area (Å²) < 4.78 is 5.32. The number of likely N-dealkylation sites (tertiary alicyclic amines) is 1. The highest BCUT2D eigenvalue weighted by Gasteiger charge is 2.36. The molecule has 0 aliphatic carbocycles. The third kappa shape index (κ3) is 3.40. The molecule has 2 saturated heterocycles. The largest absolute Gasteiger partial charge is 0.444 e. The Labute approximate surface area is 118 Å². The molecule has 112 valence electrons. The number of rotatable bonds is 1. The van der Waals surface area contributed by atoms with Crippen molar-refractivity contribution in [1.82, 2.24) is 15.1 Å². The molecule has 0 atom stereocenters. The number of urea groups is 1. The van der Waals surface area contributed by atoms with Crippen molar-refractivity contribution in [2.24, 2.45) is 0 Å². The van der Waals surface area contributed by atoms with Gasteiger partial charge in [-0.1, -0.05) is 0 Å². The Bertz CT molecular complexity index is 422. The highest BCUT2D eigenvalue weighted by molar-refractivity contribution is 6.02. The number of carbonyl (C=O) groups excluding carboxylic acids is 3. The maximum absolute atomic E-state index is 11.9. The number of carbonyl (C=O) groups is 3. The van der Waals surface area contributed by atoms with Crippen LogP contribution < -0.4 is 5.32 Å². The van der Waals surface area contributed by atoms with Gasteiger partial charge in [0.15, 0.2) is 0 Å². The van der Waals surface area contributed by atoms with Gasteiger partial charge in [-0.15, -0.1) is 0 Å². The molecule has 2 aliphatic rings. The van der Waals surface area contributed by atoms with Crippen LogP contribution in [0.25, 0.3) is 0 Å². The van der Waals surface area contributed by atoms with Crippen molar-refractivity contribution in [2.75, 3.05) is 19.6 Å². The molecule has 0 bridgehead atoms. The summed E-state index contributed by atoms with van der Waals surface area (Å²) in [6.45, 7) is 6.69. The van der Waals surface area contributed by atoms with Gasteiger partial charge < -0.3 is 14.5 Å². The molecule has 0 aromatic heterocycles. The number of nitrogens with zero attached hydrogens (tertiary/aromatic N) is 2. The van der Waals surface area contributed by atoms with Crippen molar-refractivity contribution in [1.29, 1.82) is 0 Å². The minimum Gasteiger partial charge on any atom is -0.444 e. The fraction of sp³-hybridized carbons (Fsp3) is 0.769. The molecule has 0 unspecified atom stereocenters. The molecular formula is C13H21N3O4. The molecule has 7 nitrogen and oxygen atoms in total. The number of amides is 4. The van der Waals surface area contributed by atoms with Crippen molar-refractivity contribution < 1.29 is 19.1 Å². The first-order chi connectivity index (χ1) is 9.26. The van der Waals surface area contributed by atoms with Crippen molar-refractivity contribution >= 4 is 18.0 Å². The van der Waals surface area contributed by atoms with Gasteiger partial charge in [-0.3, -0.25) is 10.1 Å². The fourth-order valence-corrected chi connectivity index (χ4v) is 2.44. The van der Waals surface area contributed by atoms with Gasteiger partial charge in [-0.25, -0.2) is 9.59 Å². The first-order valence-electron chi connectivity index (χ1n) is 6.84. The van der Waals surface area contributed by atoms with E-state index in [2.05, 4.69) is 5.32 Å². The molecule has 20 heavy (non-hydrogen) atoms. The second kappa shape index (κ2) is 5.30. The van der Waals surface area contributed by atoms with E-state index in [1.165, 1.54) is 0 Å². The van der Waals surface area contributed by atoms with Crippen molar-refractivity contribution in [3.05, 3.63) is 0 Å². The Kier molecular flexibility index (Phi) is 3.87. The van der Waals surface area contributed by atoms with E-state index in [0.29, 0.717) is 25.9 Å². The van der Waals surface area contributed by atoms with E-state index < -0.39 is 5.60 Å². The molecule has 0 radical (unpaired) electrons. The van der Waals surface area contributed by atoms with Crippen LogP contribution in [0.3, 0.4) is 0 Å². The summed E-state index contributed by atoms with van der Waals surface area (Å²) in [6, 6.07) is -0.314. The highest BCUT2D eigenvalue weighted by atomic mass is 16.6. The molecule has 0 saturated carbocycles. The average molecular weight is 283 g/mol. The summed E-state index contributed by atoms with van der Waals surface area (Å²) in [7, 11) is 0. The molecule has 0 spiro atoms. The first-order valence-corrected chi connectivity index (χ1v) is 6.84. The van der Waals surface area contributed by atoms with Crippen molar-refractivity contribution in [3.8, 4) is 0 Å². The molecule has 0 aromatic carbocycles.